The first-order chi connectivity index (χ1) is 11.7. The molecule has 5 heteroatoms. The zero-order chi connectivity index (χ0) is 19.3. The van der Waals surface area contributed by atoms with E-state index in [0.717, 1.165) is 6.42 Å². The van der Waals surface area contributed by atoms with Crippen molar-refractivity contribution in [3.8, 4) is 0 Å². The van der Waals surface area contributed by atoms with Crippen LogP contribution in [0.25, 0.3) is 0 Å². The van der Waals surface area contributed by atoms with Gasteiger partial charge in [-0.25, -0.2) is 0 Å². The summed E-state index contributed by atoms with van der Waals surface area (Å²) in [6, 6.07) is 0. The molecule has 0 unspecified atom stereocenters. The maximum atomic E-state index is 11.7. The number of esters is 2. The van der Waals surface area contributed by atoms with E-state index < -0.39 is 11.9 Å². The summed E-state index contributed by atoms with van der Waals surface area (Å²) in [6.07, 6.45) is 5.94. The van der Waals surface area contributed by atoms with Crippen molar-refractivity contribution in [3.63, 3.8) is 0 Å². The highest BCUT2D eigenvalue weighted by Crippen LogP contribution is 2.16. The molecule has 0 saturated carbocycles. The number of hydrogen-bond donors (Lipinski definition) is 0. The number of hydrogen-bond acceptors (Lipinski definition) is 5. The van der Waals surface area contributed by atoms with Crippen LogP contribution in [0.5, 0.6) is 0 Å². The first-order valence-corrected chi connectivity index (χ1v) is 8.65. The third-order valence-electron chi connectivity index (χ3n) is 3.40. The largest absolute Gasteiger partial charge is 0.466 e. The van der Waals surface area contributed by atoms with Gasteiger partial charge in [-0.05, 0) is 38.3 Å². The van der Waals surface area contributed by atoms with Crippen molar-refractivity contribution in [2.24, 2.45) is 5.92 Å². The van der Waals surface area contributed by atoms with E-state index in [0.29, 0.717) is 24.7 Å². The molecule has 0 radical (unpaired) electrons. The Balaban J connectivity index is 4.00. The minimum absolute atomic E-state index is 0.0218. The predicted octanol–water partition coefficient (Wildman–Crippen LogP) is 4.34. The molecule has 25 heavy (non-hydrogen) atoms. The Hall–Kier alpha value is -1.88. The molecule has 0 aromatic heterocycles. The van der Waals surface area contributed by atoms with Gasteiger partial charge in [0.25, 0.3) is 0 Å². The SMILES string of the molecule is C=C/C=C(\C=C)OC(=O)CCC(=O)OCCC(C)(C)OCCC(C)C. The number of carbonyl (C=O) groups is 2. The molecule has 0 heterocycles. The molecule has 0 aliphatic heterocycles. The maximum absolute atomic E-state index is 11.7. The van der Waals surface area contributed by atoms with Crippen LogP contribution < -0.4 is 0 Å². The Morgan fingerprint density at radius 3 is 2.28 bits per heavy atom. The zero-order valence-electron chi connectivity index (χ0n) is 16.0. The van der Waals surface area contributed by atoms with Crippen LogP contribution in [0.15, 0.2) is 37.1 Å². The summed E-state index contributed by atoms with van der Waals surface area (Å²) in [7, 11) is 0. The predicted molar refractivity (Wildman–Crippen MR) is 98.9 cm³/mol. The van der Waals surface area contributed by atoms with Crippen LogP contribution >= 0.6 is 0 Å². The highest BCUT2D eigenvalue weighted by atomic mass is 16.5. The Bertz CT molecular complexity index is 474. The topological polar surface area (TPSA) is 61.8 Å². The molecule has 0 amide bonds. The number of carbonyl (C=O) groups excluding carboxylic acids is 2. The normalized spacial score (nSPS) is 12.0. The number of rotatable bonds is 13. The average molecular weight is 352 g/mol. The summed E-state index contributed by atoms with van der Waals surface area (Å²) in [4.78, 5) is 23.3. The van der Waals surface area contributed by atoms with Crippen molar-refractivity contribution in [3.05, 3.63) is 37.1 Å². The molecule has 0 aliphatic rings. The maximum Gasteiger partial charge on any atom is 0.311 e. The van der Waals surface area contributed by atoms with Crippen LogP contribution in [0, 0.1) is 5.92 Å². The van der Waals surface area contributed by atoms with Gasteiger partial charge in [0.05, 0.1) is 25.0 Å². The van der Waals surface area contributed by atoms with Gasteiger partial charge in [-0.2, -0.15) is 0 Å². The van der Waals surface area contributed by atoms with Crippen molar-refractivity contribution in [1.82, 2.24) is 0 Å². The van der Waals surface area contributed by atoms with Gasteiger partial charge < -0.3 is 14.2 Å². The Morgan fingerprint density at radius 2 is 1.72 bits per heavy atom. The quantitative estimate of drug-likeness (QED) is 0.280. The molecular weight excluding hydrogens is 320 g/mol. The van der Waals surface area contributed by atoms with E-state index in [4.69, 9.17) is 14.2 Å². The van der Waals surface area contributed by atoms with Crippen LogP contribution in [0.2, 0.25) is 0 Å². The van der Waals surface area contributed by atoms with Crippen molar-refractivity contribution >= 4 is 11.9 Å². The Labute approximate surface area is 151 Å². The second-order valence-corrected chi connectivity index (χ2v) is 6.74. The van der Waals surface area contributed by atoms with E-state index >= 15 is 0 Å². The zero-order valence-corrected chi connectivity index (χ0v) is 16.0. The molecule has 0 N–H and O–H groups in total. The number of ether oxygens (including phenoxy) is 3. The lowest BCUT2D eigenvalue weighted by Crippen LogP contribution is -2.28. The monoisotopic (exact) mass is 352 g/mol. The number of allylic oxidation sites excluding steroid dienone is 3. The van der Waals surface area contributed by atoms with Crippen molar-refractivity contribution in [2.45, 2.75) is 59.0 Å². The molecule has 0 spiro atoms. The van der Waals surface area contributed by atoms with Crippen molar-refractivity contribution in [2.75, 3.05) is 13.2 Å². The third kappa shape index (κ3) is 13.1. The van der Waals surface area contributed by atoms with Gasteiger partial charge in [-0.3, -0.25) is 9.59 Å². The molecule has 0 atom stereocenters. The smallest absolute Gasteiger partial charge is 0.311 e. The molecule has 0 rings (SSSR count). The van der Waals surface area contributed by atoms with E-state index in [9.17, 15) is 9.59 Å². The van der Waals surface area contributed by atoms with Crippen LogP contribution in [-0.2, 0) is 23.8 Å². The van der Waals surface area contributed by atoms with Gasteiger partial charge in [-0.1, -0.05) is 33.1 Å². The first-order valence-electron chi connectivity index (χ1n) is 8.65. The Morgan fingerprint density at radius 1 is 1.08 bits per heavy atom. The lowest BCUT2D eigenvalue weighted by Gasteiger charge is -2.25. The van der Waals surface area contributed by atoms with Crippen LogP contribution in [0.3, 0.4) is 0 Å². The molecule has 0 aromatic rings. The van der Waals surface area contributed by atoms with E-state index in [1.165, 1.54) is 18.2 Å². The van der Waals surface area contributed by atoms with E-state index in [-0.39, 0.29) is 25.0 Å². The summed E-state index contributed by atoms with van der Waals surface area (Å²) in [5.74, 6) is -0.0462. The van der Waals surface area contributed by atoms with Crippen LogP contribution in [-0.4, -0.2) is 30.8 Å². The van der Waals surface area contributed by atoms with Gasteiger partial charge in [0.2, 0.25) is 0 Å². The minimum atomic E-state index is -0.512. The highest BCUT2D eigenvalue weighted by Gasteiger charge is 2.19. The first kappa shape index (κ1) is 23.1. The summed E-state index contributed by atoms with van der Waals surface area (Å²) < 4.78 is 16.0. The van der Waals surface area contributed by atoms with Gasteiger partial charge in [0, 0.05) is 13.0 Å². The molecule has 0 bridgehead atoms. The standard InChI is InChI=1S/C20H32O5/c1-7-9-17(8-2)25-19(22)11-10-18(21)23-15-13-20(5,6)24-14-12-16(3)4/h7-9,16H,1-2,10-15H2,3-6H3/b17-9+. The Kier molecular flexibility index (Phi) is 11.5. The molecule has 5 nitrogen and oxygen atoms in total. The molecule has 0 aromatic carbocycles. The van der Waals surface area contributed by atoms with Gasteiger partial charge in [-0.15, -0.1) is 0 Å². The van der Waals surface area contributed by atoms with Crippen LogP contribution in [0.4, 0.5) is 0 Å². The third-order valence-corrected chi connectivity index (χ3v) is 3.40. The summed E-state index contributed by atoms with van der Waals surface area (Å²) in [5.41, 5.74) is -0.345. The molecule has 0 fully saturated rings. The van der Waals surface area contributed by atoms with E-state index in [1.54, 1.807) is 0 Å². The van der Waals surface area contributed by atoms with Crippen molar-refractivity contribution in [1.29, 1.82) is 0 Å². The molecule has 0 saturated heterocycles. The van der Waals surface area contributed by atoms with Gasteiger partial charge in [0.15, 0.2) is 0 Å². The lowest BCUT2D eigenvalue weighted by atomic mass is 10.1. The summed E-state index contributed by atoms with van der Waals surface area (Å²) >= 11 is 0. The average Bonchev–Trinajstić information content (AvgIpc) is 2.51. The van der Waals surface area contributed by atoms with E-state index in [2.05, 4.69) is 27.0 Å². The van der Waals surface area contributed by atoms with Crippen molar-refractivity contribution < 1.29 is 23.8 Å². The van der Waals surface area contributed by atoms with Gasteiger partial charge >= 0.3 is 11.9 Å². The van der Waals surface area contributed by atoms with Crippen LogP contribution in [0.1, 0.15) is 53.4 Å². The lowest BCUT2D eigenvalue weighted by molar-refractivity contribution is -0.149. The fraction of sp³-hybridized carbons (Fsp3) is 0.600. The summed E-state index contributed by atoms with van der Waals surface area (Å²) in [5, 5.41) is 0. The fourth-order valence-electron chi connectivity index (χ4n) is 1.77. The molecular formula is C20H32O5. The molecule has 0 aliphatic carbocycles. The second kappa shape index (κ2) is 12.5. The summed E-state index contributed by atoms with van der Waals surface area (Å²) in [6.45, 7) is 16.2. The van der Waals surface area contributed by atoms with Gasteiger partial charge in [0.1, 0.15) is 5.76 Å². The van der Waals surface area contributed by atoms with E-state index in [1.807, 2.05) is 13.8 Å². The minimum Gasteiger partial charge on any atom is -0.466 e. The fourth-order valence-corrected chi connectivity index (χ4v) is 1.77. The highest BCUT2D eigenvalue weighted by molar-refractivity contribution is 5.78. The second-order valence-electron chi connectivity index (χ2n) is 6.74. The molecule has 142 valence electrons.